The Kier molecular flexibility index (Phi) is 4.61. The van der Waals surface area contributed by atoms with Gasteiger partial charge in [-0.1, -0.05) is 32.0 Å². The Labute approximate surface area is 94.1 Å². The van der Waals surface area contributed by atoms with Gasteiger partial charge in [-0.25, -0.2) is 0 Å². The average molecular weight is 227 g/mol. The number of nitrogens with two attached hydrogens (primary N) is 2. The van der Waals surface area contributed by atoms with Crippen LogP contribution in [0.4, 0.5) is 11.9 Å². The topological polar surface area (TPSA) is 90.7 Å². The summed E-state index contributed by atoms with van der Waals surface area (Å²) < 4.78 is 0. The van der Waals surface area contributed by atoms with Gasteiger partial charge in [0.05, 0.1) is 0 Å². The van der Waals surface area contributed by atoms with E-state index < -0.39 is 0 Å². The second-order valence-corrected chi connectivity index (χ2v) is 4.78. The molecule has 5 nitrogen and oxygen atoms in total. The van der Waals surface area contributed by atoms with E-state index in [0.717, 1.165) is 18.1 Å². The predicted octanol–water partition coefficient (Wildman–Crippen LogP) is 1.56. The van der Waals surface area contributed by atoms with Crippen molar-refractivity contribution < 1.29 is 0 Å². The molecule has 0 spiro atoms. The number of hydrogen-bond acceptors (Lipinski definition) is 6. The van der Waals surface area contributed by atoms with Crippen molar-refractivity contribution in [3.05, 3.63) is 0 Å². The molecule has 0 atom stereocenters. The first-order chi connectivity index (χ1) is 7.08. The molecule has 15 heavy (non-hydrogen) atoms. The molecule has 0 amide bonds. The Hall–Kier alpha value is -1.04. The Morgan fingerprint density at radius 1 is 1.13 bits per heavy atom. The lowest BCUT2D eigenvalue weighted by Crippen LogP contribution is -2.04. The monoisotopic (exact) mass is 227 g/mol. The molecule has 84 valence electrons. The number of hydrogen-bond donors (Lipinski definition) is 2. The summed E-state index contributed by atoms with van der Waals surface area (Å²) in [5, 5.41) is 0.615. The van der Waals surface area contributed by atoms with Crippen molar-refractivity contribution in [2.45, 2.75) is 31.8 Å². The van der Waals surface area contributed by atoms with Gasteiger partial charge in [-0.2, -0.15) is 15.0 Å². The third-order valence-electron chi connectivity index (χ3n) is 1.81. The minimum absolute atomic E-state index is 0.189. The molecule has 0 aliphatic carbocycles. The van der Waals surface area contributed by atoms with Crippen LogP contribution in [0.5, 0.6) is 0 Å². The van der Waals surface area contributed by atoms with E-state index in [1.807, 2.05) is 0 Å². The highest BCUT2D eigenvalue weighted by atomic mass is 32.2. The number of nitrogen functional groups attached to an aromatic ring is 2. The van der Waals surface area contributed by atoms with Crippen LogP contribution in [-0.4, -0.2) is 20.7 Å². The molecule has 0 bridgehead atoms. The molecule has 0 saturated carbocycles. The summed E-state index contributed by atoms with van der Waals surface area (Å²) >= 11 is 1.57. The molecule has 6 heteroatoms. The summed E-state index contributed by atoms with van der Waals surface area (Å²) in [5.74, 6) is 2.10. The molecule has 4 N–H and O–H groups in total. The smallest absolute Gasteiger partial charge is 0.225 e. The predicted molar refractivity (Wildman–Crippen MR) is 63.4 cm³/mol. The SMILES string of the molecule is CC(C)CCCSc1nc(N)nc(N)n1. The van der Waals surface area contributed by atoms with Crippen LogP contribution in [0.25, 0.3) is 0 Å². The first-order valence-corrected chi connectivity index (χ1v) is 5.96. The van der Waals surface area contributed by atoms with Crippen molar-refractivity contribution in [1.82, 2.24) is 15.0 Å². The largest absolute Gasteiger partial charge is 0.368 e. The molecule has 0 saturated heterocycles. The summed E-state index contributed by atoms with van der Waals surface area (Å²) in [5.41, 5.74) is 10.9. The minimum atomic E-state index is 0.189. The van der Waals surface area contributed by atoms with E-state index in [9.17, 15) is 0 Å². The zero-order valence-electron chi connectivity index (χ0n) is 9.10. The molecule has 1 heterocycles. The number of aromatic nitrogens is 3. The lowest BCUT2D eigenvalue weighted by atomic mass is 10.1. The van der Waals surface area contributed by atoms with Gasteiger partial charge in [0, 0.05) is 5.75 Å². The Morgan fingerprint density at radius 3 is 2.27 bits per heavy atom. The van der Waals surface area contributed by atoms with Gasteiger partial charge in [0.1, 0.15) is 0 Å². The van der Waals surface area contributed by atoms with Gasteiger partial charge in [-0.15, -0.1) is 0 Å². The number of nitrogens with zero attached hydrogens (tertiary/aromatic N) is 3. The van der Waals surface area contributed by atoms with E-state index in [1.54, 1.807) is 11.8 Å². The second-order valence-electron chi connectivity index (χ2n) is 3.72. The van der Waals surface area contributed by atoms with E-state index in [-0.39, 0.29) is 11.9 Å². The van der Waals surface area contributed by atoms with Crippen LogP contribution in [0, 0.1) is 5.92 Å². The first kappa shape index (κ1) is 12.0. The van der Waals surface area contributed by atoms with E-state index in [4.69, 9.17) is 11.5 Å². The third-order valence-corrected chi connectivity index (χ3v) is 2.74. The molecule has 0 aromatic carbocycles. The molecule has 0 unspecified atom stereocenters. The highest BCUT2D eigenvalue weighted by molar-refractivity contribution is 7.99. The van der Waals surface area contributed by atoms with Crippen LogP contribution in [-0.2, 0) is 0 Å². The van der Waals surface area contributed by atoms with Gasteiger partial charge < -0.3 is 11.5 Å². The molecule has 0 radical (unpaired) electrons. The first-order valence-electron chi connectivity index (χ1n) is 4.97. The molecular weight excluding hydrogens is 210 g/mol. The van der Waals surface area contributed by atoms with E-state index in [1.165, 1.54) is 6.42 Å². The summed E-state index contributed by atoms with van der Waals surface area (Å²) in [4.78, 5) is 11.7. The van der Waals surface area contributed by atoms with Crippen LogP contribution < -0.4 is 11.5 Å². The standard InChI is InChI=1S/C9H17N5S/c1-6(2)4-3-5-15-9-13-7(10)12-8(11)14-9/h6H,3-5H2,1-2H3,(H4,10,11,12,13,14). The van der Waals surface area contributed by atoms with Crippen LogP contribution in [0.15, 0.2) is 5.16 Å². The van der Waals surface area contributed by atoms with Crippen LogP contribution >= 0.6 is 11.8 Å². The molecular formula is C9H17N5S. The molecule has 0 aliphatic heterocycles. The van der Waals surface area contributed by atoms with Crippen molar-refractivity contribution in [3.8, 4) is 0 Å². The fourth-order valence-electron chi connectivity index (χ4n) is 1.11. The quantitative estimate of drug-likeness (QED) is 0.586. The lowest BCUT2D eigenvalue weighted by Gasteiger charge is -2.04. The highest BCUT2D eigenvalue weighted by Gasteiger charge is 2.02. The van der Waals surface area contributed by atoms with E-state index in [0.29, 0.717) is 5.16 Å². The normalized spacial score (nSPS) is 10.9. The van der Waals surface area contributed by atoms with Crippen LogP contribution in [0.2, 0.25) is 0 Å². The zero-order valence-corrected chi connectivity index (χ0v) is 9.92. The van der Waals surface area contributed by atoms with Crippen molar-refractivity contribution in [1.29, 1.82) is 0 Å². The molecule has 1 aromatic heterocycles. The van der Waals surface area contributed by atoms with Crippen LogP contribution in [0.1, 0.15) is 26.7 Å². The maximum absolute atomic E-state index is 5.46. The average Bonchev–Trinajstić information content (AvgIpc) is 2.10. The second kappa shape index (κ2) is 5.75. The molecule has 1 aromatic rings. The third kappa shape index (κ3) is 4.83. The summed E-state index contributed by atoms with van der Waals surface area (Å²) in [6.07, 6.45) is 2.36. The fraction of sp³-hybridized carbons (Fsp3) is 0.667. The van der Waals surface area contributed by atoms with Crippen molar-refractivity contribution in [2.75, 3.05) is 17.2 Å². The van der Waals surface area contributed by atoms with Crippen LogP contribution in [0.3, 0.4) is 0 Å². The van der Waals surface area contributed by atoms with E-state index >= 15 is 0 Å². The van der Waals surface area contributed by atoms with Gasteiger partial charge in [0.25, 0.3) is 0 Å². The number of thioether (sulfide) groups is 1. The highest BCUT2D eigenvalue weighted by Crippen LogP contribution is 2.17. The Morgan fingerprint density at radius 2 is 1.73 bits per heavy atom. The van der Waals surface area contributed by atoms with Gasteiger partial charge in [-0.05, 0) is 12.3 Å². The summed E-state index contributed by atoms with van der Waals surface area (Å²) in [6.45, 7) is 4.42. The van der Waals surface area contributed by atoms with Gasteiger partial charge in [0.15, 0.2) is 5.16 Å². The fourth-order valence-corrected chi connectivity index (χ4v) is 1.92. The van der Waals surface area contributed by atoms with Gasteiger partial charge >= 0.3 is 0 Å². The van der Waals surface area contributed by atoms with E-state index in [2.05, 4.69) is 28.8 Å². The molecule has 0 aliphatic rings. The Balaban J connectivity index is 2.37. The molecule has 0 fully saturated rings. The number of rotatable bonds is 5. The van der Waals surface area contributed by atoms with Crippen molar-refractivity contribution in [3.63, 3.8) is 0 Å². The van der Waals surface area contributed by atoms with Crippen molar-refractivity contribution >= 4 is 23.7 Å². The zero-order chi connectivity index (χ0) is 11.3. The van der Waals surface area contributed by atoms with Gasteiger partial charge in [0.2, 0.25) is 11.9 Å². The summed E-state index contributed by atoms with van der Waals surface area (Å²) in [6, 6.07) is 0. The maximum atomic E-state index is 5.46. The summed E-state index contributed by atoms with van der Waals surface area (Å²) in [7, 11) is 0. The Bertz CT molecular complexity index is 295. The maximum Gasteiger partial charge on any atom is 0.225 e. The lowest BCUT2D eigenvalue weighted by molar-refractivity contribution is 0.579. The number of anilines is 2. The van der Waals surface area contributed by atoms with Gasteiger partial charge in [-0.3, -0.25) is 0 Å². The molecule has 1 rings (SSSR count). The van der Waals surface area contributed by atoms with Crippen molar-refractivity contribution in [2.24, 2.45) is 5.92 Å². The minimum Gasteiger partial charge on any atom is -0.368 e.